The number of carboxylic acid groups (broad SMARTS) is 1. The van der Waals surface area contributed by atoms with Gasteiger partial charge in [0.25, 0.3) is 0 Å². The normalized spacial score (nSPS) is 10.4. The smallest absolute Gasteiger partial charge is 0.352 e. The zero-order valence-electron chi connectivity index (χ0n) is 9.08. The topological polar surface area (TPSA) is 81.1 Å². The lowest BCUT2D eigenvalue weighted by molar-refractivity contribution is 0.0687. The van der Waals surface area contributed by atoms with Crippen molar-refractivity contribution in [3.8, 4) is 0 Å². The molecule has 0 bridgehead atoms. The number of nitrogens with zero attached hydrogens (tertiary/aromatic N) is 2. The van der Waals surface area contributed by atoms with Gasteiger partial charge in [-0.1, -0.05) is 6.07 Å². The minimum absolute atomic E-state index is 0.159. The van der Waals surface area contributed by atoms with Crippen LogP contribution in [-0.4, -0.2) is 20.6 Å². The Morgan fingerprint density at radius 1 is 1.53 bits per heavy atom. The number of hydrogen-bond donors (Lipinski definition) is 2. The van der Waals surface area contributed by atoms with Crippen LogP contribution in [0.1, 0.15) is 21.6 Å². The Labute approximate surface area is 98.5 Å². The largest absolute Gasteiger partial charge is 0.477 e. The van der Waals surface area contributed by atoms with Gasteiger partial charge in [0.1, 0.15) is 12.4 Å². The molecule has 0 unspecified atom stereocenters. The molecule has 0 saturated carbocycles. The maximum atomic E-state index is 10.9. The summed E-state index contributed by atoms with van der Waals surface area (Å²) in [5, 5.41) is 8.97. The number of carbonyl (C=O) groups is 1. The summed E-state index contributed by atoms with van der Waals surface area (Å²) < 4.78 is 1.40. The van der Waals surface area contributed by atoms with Crippen molar-refractivity contribution in [2.24, 2.45) is 5.73 Å². The Hall–Kier alpha value is -2.14. The van der Waals surface area contributed by atoms with Crippen LogP contribution in [0.15, 0.2) is 36.8 Å². The highest BCUT2D eigenvalue weighted by atomic mass is 16.4. The number of rotatable bonds is 4. The van der Waals surface area contributed by atoms with Gasteiger partial charge in [0, 0.05) is 25.0 Å². The standard InChI is InChI=1S/C12H12N3O2/c13-8-15-7-10(5-11(15)12(16)17)4-9-2-1-3-14-6-9/h1-3,5-8H,4,13H2,(H,16,17). The zero-order valence-corrected chi connectivity index (χ0v) is 9.08. The van der Waals surface area contributed by atoms with E-state index in [2.05, 4.69) is 4.98 Å². The van der Waals surface area contributed by atoms with E-state index in [0.29, 0.717) is 6.42 Å². The van der Waals surface area contributed by atoms with E-state index in [9.17, 15) is 4.79 Å². The average molecular weight is 230 g/mol. The van der Waals surface area contributed by atoms with Gasteiger partial charge in [0.05, 0.1) is 0 Å². The average Bonchev–Trinajstić information content (AvgIpc) is 2.73. The third-order valence-corrected chi connectivity index (χ3v) is 2.42. The Morgan fingerprint density at radius 3 is 2.88 bits per heavy atom. The molecule has 0 aliphatic carbocycles. The maximum absolute atomic E-state index is 10.9. The van der Waals surface area contributed by atoms with Crippen LogP contribution < -0.4 is 5.73 Å². The lowest BCUT2D eigenvalue weighted by Gasteiger charge is -1.98. The Bertz CT molecular complexity index is 520. The van der Waals surface area contributed by atoms with Crippen molar-refractivity contribution >= 4 is 5.97 Å². The van der Waals surface area contributed by atoms with Gasteiger partial charge in [-0.3, -0.25) is 4.98 Å². The number of nitrogens with two attached hydrogens (primary N) is 1. The van der Waals surface area contributed by atoms with Crippen LogP contribution in [0.5, 0.6) is 0 Å². The third kappa shape index (κ3) is 2.51. The molecule has 0 aliphatic heterocycles. The molecule has 0 atom stereocenters. The highest BCUT2D eigenvalue weighted by molar-refractivity contribution is 5.86. The number of aromatic nitrogens is 2. The molecule has 3 N–H and O–H groups in total. The maximum Gasteiger partial charge on any atom is 0.352 e. The molecule has 1 radical (unpaired) electrons. The fourth-order valence-electron chi connectivity index (χ4n) is 1.67. The second-order valence-electron chi connectivity index (χ2n) is 3.63. The fraction of sp³-hybridized carbons (Fsp3) is 0.0833. The number of aromatic carboxylic acids is 1. The summed E-state index contributed by atoms with van der Waals surface area (Å²) in [6, 6.07) is 5.40. The molecular formula is C12H12N3O2. The van der Waals surface area contributed by atoms with Gasteiger partial charge in [-0.25, -0.2) is 4.79 Å². The lowest BCUT2D eigenvalue weighted by Crippen LogP contribution is -2.10. The van der Waals surface area contributed by atoms with Crippen molar-refractivity contribution in [2.75, 3.05) is 0 Å². The van der Waals surface area contributed by atoms with Crippen molar-refractivity contribution in [1.82, 2.24) is 9.55 Å². The minimum atomic E-state index is -0.996. The first-order chi connectivity index (χ1) is 8.20. The quantitative estimate of drug-likeness (QED) is 0.824. The van der Waals surface area contributed by atoms with Gasteiger partial charge < -0.3 is 15.4 Å². The van der Waals surface area contributed by atoms with Crippen LogP contribution in [0.2, 0.25) is 0 Å². The number of carboxylic acids is 1. The zero-order chi connectivity index (χ0) is 12.3. The van der Waals surface area contributed by atoms with Gasteiger partial charge in [-0.15, -0.1) is 0 Å². The predicted octanol–water partition coefficient (Wildman–Crippen LogP) is 1.10. The van der Waals surface area contributed by atoms with Crippen molar-refractivity contribution in [3.05, 3.63) is 60.3 Å². The van der Waals surface area contributed by atoms with Gasteiger partial charge in [0.2, 0.25) is 0 Å². The summed E-state index contributed by atoms with van der Waals surface area (Å²) in [5.74, 6) is -0.996. The Morgan fingerprint density at radius 2 is 2.35 bits per heavy atom. The fourth-order valence-corrected chi connectivity index (χ4v) is 1.67. The number of pyridine rings is 1. The van der Waals surface area contributed by atoms with Crippen molar-refractivity contribution in [3.63, 3.8) is 0 Å². The predicted molar refractivity (Wildman–Crippen MR) is 62.3 cm³/mol. The van der Waals surface area contributed by atoms with Crippen LogP contribution in [0, 0.1) is 6.67 Å². The van der Waals surface area contributed by atoms with Crippen molar-refractivity contribution in [2.45, 2.75) is 6.42 Å². The summed E-state index contributed by atoms with van der Waals surface area (Å²) in [6.45, 7) is 1.23. The van der Waals surface area contributed by atoms with Crippen molar-refractivity contribution in [1.29, 1.82) is 0 Å². The van der Waals surface area contributed by atoms with E-state index >= 15 is 0 Å². The molecule has 87 valence electrons. The van der Waals surface area contributed by atoms with E-state index in [1.807, 2.05) is 12.1 Å². The van der Waals surface area contributed by atoms with E-state index in [1.165, 1.54) is 11.2 Å². The molecule has 0 saturated heterocycles. The van der Waals surface area contributed by atoms with E-state index in [4.69, 9.17) is 10.8 Å². The molecule has 17 heavy (non-hydrogen) atoms. The van der Waals surface area contributed by atoms with Crippen LogP contribution in [0.3, 0.4) is 0 Å². The molecule has 0 amide bonds. The van der Waals surface area contributed by atoms with Crippen LogP contribution >= 0.6 is 0 Å². The van der Waals surface area contributed by atoms with Crippen molar-refractivity contribution < 1.29 is 9.90 Å². The first kappa shape index (κ1) is 11.3. The molecule has 2 aromatic rings. The summed E-state index contributed by atoms with van der Waals surface area (Å²) >= 11 is 0. The van der Waals surface area contributed by atoms with E-state index in [1.54, 1.807) is 24.7 Å². The monoisotopic (exact) mass is 230 g/mol. The molecule has 2 heterocycles. The molecule has 5 nitrogen and oxygen atoms in total. The van der Waals surface area contributed by atoms with Gasteiger partial charge in [-0.05, 0) is 23.3 Å². The second kappa shape index (κ2) is 4.80. The summed E-state index contributed by atoms with van der Waals surface area (Å²) in [7, 11) is 0. The second-order valence-corrected chi connectivity index (χ2v) is 3.63. The minimum Gasteiger partial charge on any atom is -0.477 e. The number of hydrogen-bond acceptors (Lipinski definition) is 3. The SMILES string of the molecule is N[CH]n1cc(Cc2cccnc2)cc1C(=O)O. The van der Waals surface area contributed by atoms with E-state index in [-0.39, 0.29) is 5.69 Å². The van der Waals surface area contributed by atoms with Gasteiger partial charge in [0.15, 0.2) is 0 Å². The molecular weight excluding hydrogens is 218 g/mol. The first-order valence-electron chi connectivity index (χ1n) is 5.08. The van der Waals surface area contributed by atoms with E-state index < -0.39 is 5.97 Å². The molecule has 2 aromatic heterocycles. The molecule has 0 spiro atoms. The highest BCUT2D eigenvalue weighted by Gasteiger charge is 2.11. The van der Waals surface area contributed by atoms with Crippen LogP contribution in [-0.2, 0) is 6.42 Å². The Kier molecular flexibility index (Phi) is 3.20. The third-order valence-electron chi connectivity index (χ3n) is 2.42. The van der Waals surface area contributed by atoms with Crippen LogP contribution in [0.25, 0.3) is 0 Å². The molecule has 2 rings (SSSR count). The van der Waals surface area contributed by atoms with Gasteiger partial charge >= 0.3 is 5.97 Å². The molecule has 0 fully saturated rings. The molecule has 0 aliphatic rings. The van der Waals surface area contributed by atoms with Gasteiger partial charge in [-0.2, -0.15) is 0 Å². The van der Waals surface area contributed by atoms with Crippen LogP contribution in [0.4, 0.5) is 0 Å². The Balaban J connectivity index is 2.26. The summed E-state index contributed by atoms with van der Waals surface area (Å²) in [5.41, 5.74) is 7.43. The first-order valence-corrected chi connectivity index (χ1v) is 5.08. The lowest BCUT2D eigenvalue weighted by atomic mass is 10.1. The highest BCUT2D eigenvalue weighted by Crippen LogP contribution is 2.13. The summed E-state index contributed by atoms with van der Waals surface area (Å²) in [4.78, 5) is 14.9. The van der Waals surface area contributed by atoms with E-state index in [0.717, 1.165) is 11.1 Å². The molecule has 0 aromatic carbocycles. The summed E-state index contributed by atoms with van der Waals surface area (Å²) in [6.07, 6.45) is 5.79. The molecule has 5 heteroatoms.